The van der Waals surface area contributed by atoms with Crippen LogP contribution in [0.5, 0.6) is 11.5 Å². The molecule has 33 heavy (non-hydrogen) atoms. The topological polar surface area (TPSA) is 102 Å². The highest BCUT2D eigenvalue weighted by Crippen LogP contribution is 2.40. The van der Waals surface area contributed by atoms with E-state index in [-0.39, 0.29) is 24.5 Å². The van der Waals surface area contributed by atoms with Gasteiger partial charge in [-0.3, -0.25) is 14.4 Å². The van der Waals surface area contributed by atoms with Gasteiger partial charge in [0.15, 0.2) is 0 Å². The van der Waals surface area contributed by atoms with Crippen molar-refractivity contribution >= 4 is 23.4 Å². The number of ether oxygens (including phenoxy) is 3. The van der Waals surface area contributed by atoms with Crippen LogP contribution in [0, 0.1) is 0 Å². The van der Waals surface area contributed by atoms with Crippen LogP contribution < -0.4 is 9.47 Å². The van der Waals surface area contributed by atoms with Crippen molar-refractivity contribution in [1.82, 2.24) is 4.90 Å². The van der Waals surface area contributed by atoms with Gasteiger partial charge in [0.25, 0.3) is 11.7 Å². The molecular weight excluding hydrogens is 426 g/mol. The number of aliphatic hydroxyl groups is 1. The number of carbonyl (C=O) groups excluding carboxylic acids is 3. The number of Topliss-reactive ketones (excluding diaryl/α,β-unsaturated/α-hetero) is 1. The van der Waals surface area contributed by atoms with Gasteiger partial charge in [0.1, 0.15) is 17.3 Å². The Morgan fingerprint density at radius 3 is 2.64 bits per heavy atom. The number of hydrogen-bond acceptors (Lipinski definition) is 7. The molecule has 172 valence electrons. The molecule has 0 saturated carbocycles. The highest BCUT2D eigenvalue weighted by atomic mass is 16.5. The summed E-state index contributed by atoms with van der Waals surface area (Å²) >= 11 is 0. The zero-order chi connectivity index (χ0) is 23.5. The minimum absolute atomic E-state index is 0.00742. The number of carbonyl (C=O) groups is 3. The lowest BCUT2D eigenvalue weighted by atomic mass is 9.94. The van der Waals surface area contributed by atoms with E-state index in [1.807, 2.05) is 0 Å². The van der Waals surface area contributed by atoms with Crippen molar-refractivity contribution in [2.24, 2.45) is 0 Å². The standard InChI is InChI=1S/C25H25NO7/c1-15(27)33-19-8-5-16(6-9-19)22-21(24(29)25(30)26(22)11-13-31-2)23(28)18-7-10-20-17(14-18)4-3-12-32-20/h5-10,14,22,28H,3-4,11-13H2,1-2H3/b23-21-. The second-order valence-corrected chi connectivity index (χ2v) is 7.92. The van der Waals surface area contributed by atoms with Crippen molar-refractivity contribution in [3.63, 3.8) is 0 Å². The van der Waals surface area contributed by atoms with Crippen LogP contribution in [-0.2, 0) is 25.5 Å². The van der Waals surface area contributed by atoms with Gasteiger partial charge in [0, 0.05) is 26.1 Å². The lowest BCUT2D eigenvalue weighted by Crippen LogP contribution is -2.32. The fourth-order valence-electron chi connectivity index (χ4n) is 4.19. The summed E-state index contributed by atoms with van der Waals surface area (Å²) in [7, 11) is 1.51. The van der Waals surface area contributed by atoms with Gasteiger partial charge in [-0.25, -0.2) is 0 Å². The summed E-state index contributed by atoms with van der Waals surface area (Å²) < 4.78 is 15.8. The van der Waals surface area contributed by atoms with Crippen LogP contribution in [0.1, 0.15) is 36.1 Å². The number of esters is 1. The Kier molecular flexibility index (Phi) is 6.46. The monoisotopic (exact) mass is 451 g/mol. The molecule has 2 aromatic carbocycles. The number of likely N-dealkylation sites (tertiary alicyclic amines) is 1. The van der Waals surface area contributed by atoms with E-state index in [1.54, 1.807) is 42.5 Å². The van der Waals surface area contributed by atoms with Crippen LogP contribution in [0.4, 0.5) is 0 Å². The quantitative estimate of drug-likeness (QED) is 0.237. The number of methoxy groups -OCH3 is 1. The molecule has 2 aliphatic heterocycles. The number of nitrogens with zero attached hydrogens (tertiary/aromatic N) is 1. The molecule has 2 aliphatic rings. The predicted octanol–water partition coefficient (Wildman–Crippen LogP) is 3.01. The maximum absolute atomic E-state index is 13.0. The number of amides is 1. The van der Waals surface area contributed by atoms with Gasteiger partial charge < -0.3 is 24.2 Å². The number of benzene rings is 2. The first-order chi connectivity index (χ1) is 15.9. The molecule has 1 fully saturated rings. The molecule has 2 heterocycles. The summed E-state index contributed by atoms with van der Waals surface area (Å²) in [6.45, 7) is 2.35. The van der Waals surface area contributed by atoms with E-state index in [1.165, 1.54) is 18.9 Å². The number of fused-ring (bicyclic) bond motifs is 1. The van der Waals surface area contributed by atoms with Crippen molar-refractivity contribution in [1.29, 1.82) is 0 Å². The smallest absolute Gasteiger partial charge is 0.308 e. The molecule has 0 aliphatic carbocycles. The lowest BCUT2D eigenvalue weighted by molar-refractivity contribution is -0.140. The Morgan fingerprint density at radius 2 is 1.94 bits per heavy atom. The lowest BCUT2D eigenvalue weighted by Gasteiger charge is -2.25. The third-order valence-electron chi connectivity index (χ3n) is 5.72. The molecule has 1 atom stereocenters. The maximum Gasteiger partial charge on any atom is 0.308 e. The van der Waals surface area contributed by atoms with Crippen LogP contribution in [-0.4, -0.2) is 54.5 Å². The van der Waals surface area contributed by atoms with E-state index >= 15 is 0 Å². The van der Waals surface area contributed by atoms with Crippen LogP contribution in [0.15, 0.2) is 48.0 Å². The van der Waals surface area contributed by atoms with Gasteiger partial charge in [-0.1, -0.05) is 12.1 Å². The normalized spacial score (nSPS) is 19.2. The number of ketones is 1. The van der Waals surface area contributed by atoms with Crippen molar-refractivity contribution in [2.45, 2.75) is 25.8 Å². The Bertz CT molecular complexity index is 1120. The Balaban J connectivity index is 1.79. The highest BCUT2D eigenvalue weighted by Gasteiger charge is 2.45. The van der Waals surface area contributed by atoms with Gasteiger partial charge in [-0.2, -0.15) is 0 Å². The summed E-state index contributed by atoms with van der Waals surface area (Å²) in [5.41, 5.74) is 2.00. The van der Waals surface area contributed by atoms with Gasteiger partial charge in [-0.05, 0) is 54.3 Å². The first-order valence-corrected chi connectivity index (χ1v) is 10.7. The number of rotatable bonds is 6. The average Bonchev–Trinajstić information content (AvgIpc) is 3.07. The van der Waals surface area contributed by atoms with Crippen LogP contribution in [0.3, 0.4) is 0 Å². The zero-order valence-electron chi connectivity index (χ0n) is 18.5. The first kappa shape index (κ1) is 22.5. The van der Waals surface area contributed by atoms with Crippen molar-refractivity contribution < 1.29 is 33.7 Å². The molecule has 1 amide bonds. The van der Waals surface area contributed by atoms with Crippen LogP contribution in [0.2, 0.25) is 0 Å². The molecule has 2 aromatic rings. The van der Waals surface area contributed by atoms with Gasteiger partial charge in [0.05, 0.1) is 24.8 Å². The van der Waals surface area contributed by atoms with E-state index in [4.69, 9.17) is 14.2 Å². The van der Waals surface area contributed by atoms with E-state index in [9.17, 15) is 19.5 Å². The third-order valence-corrected chi connectivity index (χ3v) is 5.72. The SMILES string of the molecule is COCCN1C(=O)C(=O)/C(=C(\O)c2ccc3c(c2)CCCO3)C1c1ccc(OC(C)=O)cc1. The highest BCUT2D eigenvalue weighted by molar-refractivity contribution is 6.46. The van der Waals surface area contributed by atoms with Gasteiger partial charge in [0.2, 0.25) is 0 Å². The summed E-state index contributed by atoms with van der Waals surface area (Å²) in [6.07, 6.45) is 1.67. The molecule has 8 nitrogen and oxygen atoms in total. The maximum atomic E-state index is 13.0. The molecule has 8 heteroatoms. The molecule has 0 aromatic heterocycles. The number of aliphatic hydroxyl groups excluding tert-OH is 1. The van der Waals surface area contributed by atoms with Crippen molar-refractivity contribution in [3.8, 4) is 11.5 Å². The largest absolute Gasteiger partial charge is 0.507 e. The second-order valence-electron chi connectivity index (χ2n) is 7.92. The Morgan fingerprint density at radius 1 is 1.18 bits per heavy atom. The molecular formula is C25H25NO7. The summed E-state index contributed by atoms with van der Waals surface area (Å²) in [5.74, 6) is -1.05. The second kappa shape index (κ2) is 9.46. The summed E-state index contributed by atoms with van der Waals surface area (Å²) in [4.78, 5) is 38.5. The molecule has 1 unspecified atom stereocenters. The molecule has 1 saturated heterocycles. The Labute approximate surface area is 191 Å². The zero-order valence-corrected chi connectivity index (χ0v) is 18.5. The minimum atomic E-state index is -0.807. The summed E-state index contributed by atoms with van der Waals surface area (Å²) in [6, 6.07) is 11.0. The molecule has 0 radical (unpaired) electrons. The van der Waals surface area contributed by atoms with E-state index in [0.717, 1.165) is 24.2 Å². The van der Waals surface area contributed by atoms with E-state index in [0.29, 0.717) is 23.5 Å². The van der Waals surface area contributed by atoms with Crippen molar-refractivity contribution in [3.05, 3.63) is 64.7 Å². The fraction of sp³-hybridized carbons (Fsp3) is 0.320. The molecule has 4 rings (SSSR count). The molecule has 1 N–H and O–H groups in total. The first-order valence-electron chi connectivity index (χ1n) is 10.7. The number of aryl methyl sites for hydroxylation is 1. The third kappa shape index (κ3) is 4.47. The van der Waals surface area contributed by atoms with Crippen molar-refractivity contribution in [2.75, 3.05) is 26.9 Å². The molecule has 0 spiro atoms. The predicted molar refractivity (Wildman–Crippen MR) is 119 cm³/mol. The van der Waals surface area contributed by atoms with Gasteiger partial charge in [-0.15, -0.1) is 0 Å². The van der Waals surface area contributed by atoms with Crippen LogP contribution >= 0.6 is 0 Å². The van der Waals surface area contributed by atoms with E-state index in [2.05, 4.69) is 0 Å². The van der Waals surface area contributed by atoms with E-state index < -0.39 is 23.7 Å². The minimum Gasteiger partial charge on any atom is -0.507 e. The fourth-order valence-corrected chi connectivity index (χ4v) is 4.19. The van der Waals surface area contributed by atoms with Gasteiger partial charge >= 0.3 is 5.97 Å². The molecule has 0 bridgehead atoms. The summed E-state index contributed by atoms with van der Waals surface area (Å²) in [5, 5.41) is 11.2. The Hall–Kier alpha value is -3.65. The average molecular weight is 451 g/mol. The number of hydrogen-bond donors (Lipinski definition) is 1. The van der Waals surface area contributed by atoms with Crippen LogP contribution in [0.25, 0.3) is 5.76 Å².